The zero-order valence-electron chi connectivity index (χ0n) is 11.1. The fourth-order valence-corrected chi connectivity index (χ4v) is 2.89. The van der Waals surface area contributed by atoms with Crippen LogP contribution in [0.4, 0.5) is 0 Å². The fraction of sp³-hybridized carbons (Fsp3) is 0.0588. The van der Waals surface area contributed by atoms with Crippen LogP contribution in [0.2, 0.25) is 0 Å². The topological polar surface area (TPSA) is 67.5 Å². The molecule has 0 spiro atoms. The number of ketones is 2. The van der Waals surface area contributed by atoms with Gasteiger partial charge in [-0.3, -0.25) is 9.59 Å². The average Bonchev–Trinajstić information content (AvgIpc) is 2.83. The van der Waals surface area contributed by atoms with Gasteiger partial charge in [-0.25, -0.2) is 0 Å². The monoisotopic (exact) mass is 278 g/mol. The Labute approximate surface area is 119 Å². The molecule has 0 saturated carbocycles. The van der Waals surface area contributed by atoms with E-state index < -0.39 is 0 Å². The van der Waals surface area contributed by atoms with Crippen molar-refractivity contribution in [2.45, 2.75) is 6.92 Å². The van der Waals surface area contributed by atoms with Gasteiger partial charge in [-0.05, 0) is 19.1 Å². The lowest BCUT2D eigenvalue weighted by Crippen LogP contribution is -2.21. The Hall–Kier alpha value is -2.88. The molecule has 4 rings (SSSR count). The molecule has 0 saturated heterocycles. The van der Waals surface area contributed by atoms with Crippen LogP contribution in [-0.2, 0) is 0 Å². The van der Waals surface area contributed by atoms with E-state index in [9.17, 15) is 14.7 Å². The molecule has 21 heavy (non-hydrogen) atoms. The van der Waals surface area contributed by atoms with Gasteiger partial charge in [0.1, 0.15) is 17.1 Å². The lowest BCUT2D eigenvalue weighted by Gasteiger charge is -2.18. The predicted octanol–water partition coefficient (Wildman–Crippen LogP) is 3.22. The molecule has 0 atom stereocenters. The number of hydrogen-bond donors (Lipinski definition) is 1. The van der Waals surface area contributed by atoms with Gasteiger partial charge in [0.2, 0.25) is 0 Å². The third-order valence-corrected chi connectivity index (χ3v) is 3.78. The van der Waals surface area contributed by atoms with Crippen molar-refractivity contribution in [1.29, 1.82) is 0 Å². The van der Waals surface area contributed by atoms with Crippen molar-refractivity contribution in [2.24, 2.45) is 0 Å². The first-order valence-corrected chi connectivity index (χ1v) is 6.52. The zero-order chi connectivity index (χ0) is 14.7. The van der Waals surface area contributed by atoms with Crippen molar-refractivity contribution in [3.63, 3.8) is 0 Å². The van der Waals surface area contributed by atoms with E-state index in [1.807, 2.05) is 0 Å². The van der Waals surface area contributed by atoms with Gasteiger partial charge in [-0.2, -0.15) is 0 Å². The summed E-state index contributed by atoms with van der Waals surface area (Å²) >= 11 is 0. The molecule has 0 unspecified atom stereocenters. The molecule has 4 heteroatoms. The van der Waals surface area contributed by atoms with Gasteiger partial charge < -0.3 is 9.52 Å². The summed E-state index contributed by atoms with van der Waals surface area (Å²) in [4.78, 5) is 25.3. The number of phenols is 1. The van der Waals surface area contributed by atoms with Crippen LogP contribution >= 0.6 is 0 Å². The number of phenolic OH excluding ortho intramolecular Hbond substituents is 1. The molecule has 4 nitrogen and oxygen atoms in total. The quantitative estimate of drug-likeness (QED) is 0.536. The molecule has 1 aromatic heterocycles. The largest absolute Gasteiger partial charge is 0.507 e. The first-order valence-electron chi connectivity index (χ1n) is 6.52. The minimum absolute atomic E-state index is 0.0283. The van der Waals surface area contributed by atoms with E-state index in [4.69, 9.17) is 4.42 Å². The van der Waals surface area contributed by atoms with Crippen molar-refractivity contribution < 1.29 is 19.1 Å². The molecule has 0 aliphatic heterocycles. The molecule has 1 aliphatic rings. The summed E-state index contributed by atoms with van der Waals surface area (Å²) < 4.78 is 5.57. The Morgan fingerprint density at radius 3 is 2.24 bits per heavy atom. The lowest BCUT2D eigenvalue weighted by molar-refractivity contribution is 0.0977. The minimum Gasteiger partial charge on any atom is -0.507 e. The van der Waals surface area contributed by atoms with Gasteiger partial charge in [0.05, 0.1) is 11.1 Å². The van der Waals surface area contributed by atoms with Gasteiger partial charge in [0.15, 0.2) is 11.6 Å². The molecular formula is C17H10O4. The van der Waals surface area contributed by atoms with E-state index >= 15 is 0 Å². The van der Waals surface area contributed by atoms with Crippen LogP contribution < -0.4 is 0 Å². The van der Waals surface area contributed by atoms with Crippen molar-refractivity contribution in [3.8, 4) is 5.75 Å². The Bertz CT molecular complexity index is 947. The van der Waals surface area contributed by atoms with Crippen molar-refractivity contribution in [1.82, 2.24) is 0 Å². The number of furan rings is 1. The molecule has 0 bridgehead atoms. The van der Waals surface area contributed by atoms with Gasteiger partial charge in [0.25, 0.3) is 0 Å². The number of carbonyl (C=O) groups is 2. The Morgan fingerprint density at radius 1 is 0.952 bits per heavy atom. The van der Waals surface area contributed by atoms with Gasteiger partial charge in [-0.1, -0.05) is 24.3 Å². The van der Waals surface area contributed by atoms with E-state index in [1.54, 1.807) is 37.3 Å². The summed E-state index contributed by atoms with van der Waals surface area (Å²) in [5.41, 5.74) is 1.19. The second-order valence-corrected chi connectivity index (χ2v) is 5.12. The maximum Gasteiger partial charge on any atom is 0.198 e. The molecule has 1 aliphatic carbocycles. The third-order valence-electron chi connectivity index (χ3n) is 3.78. The number of aromatic hydroxyl groups is 1. The summed E-state index contributed by atoms with van der Waals surface area (Å²) in [5, 5.41) is 10.8. The molecule has 0 amide bonds. The van der Waals surface area contributed by atoms with Crippen molar-refractivity contribution >= 4 is 22.5 Å². The van der Waals surface area contributed by atoms with Crippen LogP contribution in [0.3, 0.4) is 0 Å². The highest BCUT2D eigenvalue weighted by Crippen LogP contribution is 2.38. The summed E-state index contributed by atoms with van der Waals surface area (Å²) in [6.07, 6.45) is 0. The van der Waals surface area contributed by atoms with Crippen LogP contribution in [0.25, 0.3) is 11.0 Å². The summed E-state index contributed by atoms with van der Waals surface area (Å²) in [6, 6.07) is 9.81. The maximum absolute atomic E-state index is 12.7. The normalized spacial score (nSPS) is 13.4. The first kappa shape index (κ1) is 11.9. The lowest BCUT2D eigenvalue weighted by atomic mass is 9.83. The standard InChI is InChI=1S/C17H10O4/c1-8-6-9-7-12(18)13-14(17(9)21-8)16(20)11-5-3-2-4-10(11)15(13)19/h2-7,18H,1H3. The van der Waals surface area contributed by atoms with Crippen molar-refractivity contribution in [3.05, 3.63) is 64.4 Å². The van der Waals surface area contributed by atoms with Gasteiger partial charge in [0, 0.05) is 16.5 Å². The van der Waals surface area contributed by atoms with Crippen LogP contribution in [-0.4, -0.2) is 16.7 Å². The second kappa shape index (κ2) is 3.82. The molecular weight excluding hydrogens is 268 g/mol. The number of hydrogen-bond acceptors (Lipinski definition) is 4. The molecule has 1 heterocycles. The Morgan fingerprint density at radius 2 is 1.57 bits per heavy atom. The summed E-state index contributed by atoms with van der Waals surface area (Å²) in [7, 11) is 0. The van der Waals surface area contributed by atoms with Crippen LogP contribution in [0.5, 0.6) is 5.75 Å². The van der Waals surface area contributed by atoms with E-state index in [1.165, 1.54) is 6.07 Å². The predicted molar refractivity (Wildman–Crippen MR) is 75.9 cm³/mol. The zero-order valence-corrected chi connectivity index (χ0v) is 11.1. The SMILES string of the molecule is Cc1cc2cc(O)c3c(c2o1)C(=O)c1ccccc1C3=O. The van der Waals surface area contributed by atoms with E-state index in [2.05, 4.69) is 0 Å². The summed E-state index contributed by atoms with van der Waals surface area (Å²) in [6.45, 7) is 1.76. The van der Waals surface area contributed by atoms with E-state index in [-0.39, 0.29) is 28.4 Å². The highest BCUT2D eigenvalue weighted by molar-refractivity contribution is 6.32. The maximum atomic E-state index is 12.7. The Kier molecular flexibility index (Phi) is 2.17. The number of carbonyl (C=O) groups excluding carboxylic acids is 2. The average molecular weight is 278 g/mol. The van der Waals surface area contributed by atoms with Crippen LogP contribution in [0.15, 0.2) is 40.8 Å². The molecule has 102 valence electrons. The Balaban J connectivity index is 2.17. The number of aryl methyl sites for hydroxylation is 1. The fourth-order valence-electron chi connectivity index (χ4n) is 2.89. The van der Waals surface area contributed by atoms with E-state index in [0.29, 0.717) is 27.9 Å². The highest BCUT2D eigenvalue weighted by Gasteiger charge is 2.34. The van der Waals surface area contributed by atoms with Crippen LogP contribution in [0, 0.1) is 6.92 Å². The smallest absolute Gasteiger partial charge is 0.198 e. The van der Waals surface area contributed by atoms with Gasteiger partial charge >= 0.3 is 0 Å². The van der Waals surface area contributed by atoms with Crippen molar-refractivity contribution in [2.75, 3.05) is 0 Å². The highest BCUT2D eigenvalue weighted by atomic mass is 16.3. The minimum atomic E-state index is -0.353. The van der Waals surface area contributed by atoms with Gasteiger partial charge in [-0.15, -0.1) is 0 Å². The molecule has 1 N–H and O–H groups in total. The third kappa shape index (κ3) is 1.44. The number of fused-ring (bicyclic) bond motifs is 4. The van der Waals surface area contributed by atoms with Crippen LogP contribution in [0.1, 0.15) is 37.6 Å². The molecule has 2 aromatic carbocycles. The number of rotatable bonds is 0. The van der Waals surface area contributed by atoms with E-state index in [0.717, 1.165) is 0 Å². The summed E-state index contributed by atoms with van der Waals surface area (Å²) in [5.74, 6) is -0.216. The molecule has 3 aromatic rings. The molecule has 0 radical (unpaired) electrons. The first-order chi connectivity index (χ1) is 10.1. The number of benzene rings is 2. The molecule has 0 fully saturated rings. The second-order valence-electron chi connectivity index (χ2n) is 5.12.